The summed E-state index contributed by atoms with van der Waals surface area (Å²) in [7, 11) is 0. The zero-order valence-corrected chi connectivity index (χ0v) is 11.6. The Morgan fingerprint density at radius 1 is 1.56 bits per heavy atom. The maximum Gasteiger partial charge on any atom is 0.242 e. The van der Waals surface area contributed by atoms with Crippen molar-refractivity contribution in [3.8, 4) is 0 Å². The van der Waals surface area contributed by atoms with Gasteiger partial charge in [0.1, 0.15) is 5.82 Å². The smallest absolute Gasteiger partial charge is 0.242 e. The monoisotopic (exact) mass is 268 g/mol. The van der Waals surface area contributed by atoms with Gasteiger partial charge in [0, 0.05) is 23.8 Å². The molecule has 0 radical (unpaired) electrons. The number of rotatable bonds is 5. The molecule has 6 heteroatoms. The average molecular weight is 268 g/mol. The van der Waals surface area contributed by atoms with Crippen molar-refractivity contribution in [1.29, 1.82) is 0 Å². The highest BCUT2D eigenvalue weighted by Gasteiger charge is 2.36. The lowest BCUT2D eigenvalue weighted by Gasteiger charge is -2.40. The predicted molar refractivity (Wildman–Crippen MR) is 73.1 cm³/mol. The van der Waals surface area contributed by atoms with Gasteiger partial charge >= 0.3 is 0 Å². The summed E-state index contributed by atoms with van der Waals surface area (Å²) in [5.41, 5.74) is 0. The van der Waals surface area contributed by atoms with Crippen LogP contribution in [0.25, 0.3) is 0 Å². The van der Waals surface area contributed by atoms with Gasteiger partial charge in [-0.25, -0.2) is 0 Å². The number of H-pyrrole nitrogens is 1. The molecule has 0 aromatic carbocycles. The fraction of sp³-hybridized carbons (Fsp3) is 0.833. The maximum absolute atomic E-state index is 5.37. The first-order chi connectivity index (χ1) is 8.81. The first kappa shape index (κ1) is 12.3. The van der Waals surface area contributed by atoms with Crippen LogP contribution >= 0.6 is 11.8 Å². The minimum absolute atomic E-state index is 0.395. The Labute approximate surface area is 111 Å². The summed E-state index contributed by atoms with van der Waals surface area (Å²) in [4.78, 5) is 4.52. The number of anilines is 1. The second-order valence-corrected chi connectivity index (χ2v) is 6.47. The fourth-order valence-electron chi connectivity index (χ4n) is 2.55. The van der Waals surface area contributed by atoms with E-state index in [9.17, 15) is 0 Å². The molecule has 1 aromatic heterocycles. The number of hydrogen-bond acceptors (Lipinski definition) is 5. The number of nitrogens with zero attached hydrogens (tertiary/aromatic N) is 2. The van der Waals surface area contributed by atoms with E-state index in [4.69, 9.17) is 4.74 Å². The van der Waals surface area contributed by atoms with Crippen LogP contribution in [0.5, 0.6) is 0 Å². The molecule has 1 unspecified atom stereocenters. The van der Waals surface area contributed by atoms with E-state index in [0.29, 0.717) is 10.7 Å². The quantitative estimate of drug-likeness (QED) is 0.855. The SMILES string of the molecule is CSC1(CNc2n[nH]c(C3CCOC3)n2)CCC1. The van der Waals surface area contributed by atoms with Gasteiger partial charge in [-0.2, -0.15) is 16.7 Å². The molecule has 2 N–H and O–H groups in total. The van der Waals surface area contributed by atoms with Crippen molar-refractivity contribution >= 4 is 17.7 Å². The molecule has 1 atom stereocenters. The third-order valence-electron chi connectivity index (χ3n) is 4.09. The molecular formula is C12H20N4OS. The first-order valence-corrected chi connectivity index (χ1v) is 7.83. The number of thioether (sulfide) groups is 1. The van der Waals surface area contributed by atoms with Crippen LogP contribution < -0.4 is 5.32 Å². The van der Waals surface area contributed by atoms with Crippen molar-refractivity contribution in [2.75, 3.05) is 31.3 Å². The Kier molecular flexibility index (Phi) is 3.48. The second kappa shape index (κ2) is 5.09. The van der Waals surface area contributed by atoms with E-state index in [1.165, 1.54) is 19.3 Å². The molecule has 1 aliphatic heterocycles. The van der Waals surface area contributed by atoms with E-state index in [2.05, 4.69) is 26.8 Å². The average Bonchev–Trinajstić information content (AvgIpc) is 2.98. The Morgan fingerprint density at radius 3 is 3.06 bits per heavy atom. The van der Waals surface area contributed by atoms with Crippen LogP contribution in [0.1, 0.15) is 37.4 Å². The van der Waals surface area contributed by atoms with Crippen LogP contribution in [-0.4, -0.2) is 45.9 Å². The Bertz CT molecular complexity index is 393. The largest absolute Gasteiger partial charge is 0.381 e. The topological polar surface area (TPSA) is 62.8 Å². The van der Waals surface area contributed by atoms with Crippen molar-refractivity contribution in [1.82, 2.24) is 15.2 Å². The van der Waals surface area contributed by atoms with Gasteiger partial charge < -0.3 is 10.1 Å². The van der Waals surface area contributed by atoms with E-state index >= 15 is 0 Å². The Morgan fingerprint density at radius 2 is 2.44 bits per heavy atom. The lowest BCUT2D eigenvalue weighted by Crippen LogP contribution is -2.40. The molecule has 2 heterocycles. The number of hydrogen-bond donors (Lipinski definition) is 2. The van der Waals surface area contributed by atoms with Crippen LogP contribution in [0.2, 0.25) is 0 Å². The van der Waals surface area contributed by atoms with E-state index in [1.807, 2.05) is 11.8 Å². The summed E-state index contributed by atoms with van der Waals surface area (Å²) in [6.45, 7) is 2.57. The van der Waals surface area contributed by atoms with Crippen molar-refractivity contribution in [3.63, 3.8) is 0 Å². The lowest BCUT2D eigenvalue weighted by molar-refractivity contribution is 0.193. The van der Waals surface area contributed by atoms with E-state index in [0.717, 1.165) is 38.0 Å². The first-order valence-electron chi connectivity index (χ1n) is 6.60. The van der Waals surface area contributed by atoms with Crippen molar-refractivity contribution < 1.29 is 4.74 Å². The third kappa shape index (κ3) is 2.36. The Balaban J connectivity index is 1.56. The standard InChI is InChI=1S/C12H20N4OS/c1-18-12(4-2-5-12)8-13-11-14-10(15-16-11)9-3-6-17-7-9/h9H,2-8H2,1H3,(H2,13,14,15,16). The summed E-state index contributed by atoms with van der Waals surface area (Å²) >= 11 is 1.96. The molecule has 1 aromatic rings. The van der Waals surface area contributed by atoms with Crippen LogP contribution in [0.4, 0.5) is 5.95 Å². The maximum atomic E-state index is 5.37. The minimum Gasteiger partial charge on any atom is -0.381 e. The van der Waals surface area contributed by atoms with Gasteiger partial charge in [-0.05, 0) is 25.5 Å². The van der Waals surface area contributed by atoms with Crippen LogP contribution in [0.3, 0.4) is 0 Å². The van der Waals surface area contributed by atoms with E-state index in [1.54, 1.807) is 0 Å². The molecule has 1 saturated heterocycles. The molecule has 0 amide bonds. The summed E-state index contributed by atoms with van der Waals surface area (Å²) < 4.78 is 5.78. The minimum atomic E-state index is 0.395. The molecule has 1 saturated carbocycles. The van der Waals surface area contributed by atoms with E-state index < -0.39 is 0 Å². The second-order valence-electron chi connectivity index (χ2n) is 5.20. The molecule has 18 heavy (non-hydrogen) atoms. The lowest BCUT2D eigenvalue weighted by atomic mass is 9.84. The van der Waals surface area contributed by atoms with Crippen molar-refractivity contribution in [2.24, 2.45) is 0 Å². The third-order valence-corrected chi connectivity index (χ3v) is 5.50. The van der Waals surface area contributed by atoms with Crippen LogP contribution in [0, 0.1) is 0 Å². The molecule has 100 valence electrons. The molecule has 1 aliphatic carbocycles. The highest BCUT2D eigenvalue weighted by atomic mass is 32.2. The molecule has 5 nitrogen and oxygen atoms in total. The van der Waals surface area contributed by atoms with Crippen molar-refractivity contribution in [3.05, 3.63) is 5.82 Å². The normalized spacial score (nSPS) is 25.9. The fourth-order valence-corrected chi connectivity index (χ4v) is 3.46. The summed E-state index contributed by atoms with van der Waals surface area (Å²) in [6, 6.07) is 0. The summed E-state index contributed by atoms with van der Waals surface area (Å²) in [6.07, 6.45) is 7.19. The van der Waals surface area contributed by atoms with Crippen LogP contribution in [0.15, 0.2) is 0 Å². The van der Waals surface area contributed by atoms with Crippen LogP contribution in [-0.2, 0) is 4.74 Å². The number of aromatic amines is 1. The predicted octanol–water partition coefficient (Wildman–Crippen LogP) is 2.01. The molecule has 2 aliphatic rings. The van der Waals surface area contributed by atoms with Gasteiger partial charge in [0.25, 0.3) is 0 Å². The molecule has 2 fully saturated rings. The molecular weight excluding hydrogens is 248 g/mol. The molecule has 3 rings (SSSR count). The van der Waals surface area contributed by atoms with Crippen molar-refractivity contribution in [2.45, 2.75) is 36.3 Å². The van der Waals surface area contributed by atoms with E-state index in [-0.39, 0.29) is 0 Å². The zero-order valence-electron chi connectivity index (χ0n) is 10.7. The highest BCUT2D eigenvalue weighted by molar-refractivity contribution is 8.00. The summed E-state index contributed by atoms with van der Waals surface area (Å²) in [5.74, 6) is 2.09. The molecule has 0 bridgehead atoms. The van der Waals surface area contributed by atoms with Gasteiger partial charge in [0.05, 0.1) is 6.61 Å². The number of aromatic nitrogens is 3. The number of nitrogens with one attached hydrogen (secondary N) is 2. The van der Waals surface area contributed by atoms with Gasteiger partial charge in [-0.1, -0.05) is 6.42 Å². The zero-order chi connectivity index (χ0) is 12.4. The molecule has 0 spiro atoms. The highest BCUT2D eigenvalue weighted by Crippen LogP contribution is 2.42. The Hall–Kier alpha value is -0.750. The number of ether oxygens (including phenoxy) is 1. The van der Waals surface area contributed by atoms with Gasteiger partial charge in [0.2, 0.25) is 5.95 Å². The van der Waals surface area contributed by atoms with Gasteiger partial charge in [-0.15, -0.1) is 5.10 Å². The summed E-state index contributed by atoms with van der Waals surface area (Å²) in [5, 5.41) is 10.6. The van der Waals surface area contributed by atoms with Gasteiger partial charge in [0.15, 0.2) is 0 Å². The van der Waals surface area contributed by atoms with Gasteiger partial charge in [-0.3, -0.25) is 5.10 Å².